The second kappa shape index (κ2) is 6.35. The fraction of sp³-hybridized carbons (Fsp3) is 0.524. The lowest BCUT2D eigenvalue weighted by Gasteiger charge is -2.48. The molecule has 5 nitrogen and oxygen atoms in total. The standard InChI is InChI=1S/C21H24ClN3O2/c22-17-4-2-16(3-5-17)20(7-1-8-20)19(26)25-11-9-21(10-12-25)18-15(6-13-27-21)14-23-24-18/h2-5,14H,1,6-13H2,(H,23,24). The predicted molar refractivity (Wildman–Crippen MR) is 103 cm³/mol. The fourth-order valence-electron chi connectivity index (χ4n) is 5.02. The van der Waals surface area contributed by atoms with Gasteiger partial charge >= 0.3 is 0 Å². The molecular formula is C21H24ClN3O2. The molecule has 1 saturated carbocycles. The molecule has 6 heteroatoms. The number of nitrogens with zero attached hydrogens (tertiary/aromatic N) is 2. The molecule has 2 aromatic rings. The highest BCUT2D eigenvalue weighted by atomic mass is 35.5. The quantitative estimate of drug-likeness (QED) is 0.859. The maximum atomic E-state index is 13.5. The minimum atomic E-state index is -0.359. The van der Waals surface area contributed by atoms with E-state index in [1.165, 1.54) is 5.56 Å². The van der Waals surface area contributed by atoms with Gasteiger partial charge < -0.3 is 9.64 Å². The highest BCUT2D eigenvalue weighted by Gasteiger charge is 2.50. The molecule has 2 aliphatic heterocycles. The number of hydrogen-bond acceptors (Lipinski definition) is 3. The molecular weight excluding hydrogens is 362 g/mol. The van der Waals surface area contributed by atoms with Gasteiger partial charge in [0.15, 0.2) is 0 Å². The minimum Gasteiger partial charge on any atom is -0.368 e. The Hall–Kier alpha value is -1.85. The zero-order valence-corrected chi connectivity index (χ0v) is 16.1. The van der Waals surface area contributed by atoms with Crippen LogP contribution < -0.4 is 0 Å². The molecule has 0 atom stereocenters. The van der Waals surface area contributed by atoms with Crippen molar-refractivity contribution in [1.29, 1.82) is 0 Å². The van der Waals surface area contributed by atoms with Crippen LogP contribution in [0.15, 0.2) is 30.5 Å². The van der Waals surface area contributed by atoms with E-state index < -0.39 is 0 Å². The number of benzene rings is 1. The maximum Gasteiger partial charge on any atom is 0.233 e. The number of carbonyl (C=O) groups excluding carboxylic acids is 1. The summed E-state index contributed by atoms with van der Waals surface area (Å²) in [5.41, 5.74) is 2.83. The monoisotopic (exact) mass is 385 g/mol. The van der Waals surface area contributed by atoms with E-state index in [0.717, 1.165) is 69.5 Å². The normalized spacial score (nSPS) is 22.9. The van der Waals surface area contributed by atoms with E-state index in [9.17, 15) is 4.79 Å². The maximum absolute atomic E-state index is 13.5. The lowest BCUT2D eigenvalue weighted by atomic mass is 9.63. The predicted octanol–water partition coefficient (Wildman–Crippen LogP) is 3.58. The van der Waals surface area contributed by atoms with E-state index in [2.05, 4.69) is 10.2 Å². The van der Waals surface area contributed by atoms with Crippen molar-refractivity contribution < 1.29 is 9.53 Å². The number of carbonyl (C=O) groups is 1. The molecule has 5 rings (SSSR count). The van der Waals surface area contributed by atoms with Gasteiger partial charge in [0.1, 0.15) is 5.60 Å². The van der Waals surface area contributed by atoms with Crippen LogP contribution in [0.4, 0.5) is 0 Å². The molecule has 3 aliphatic rings. The van der Waals surface area contributed by atoms with Crippen molar-refractivity contribution >= 4 is 17.5 Å². The van der Waals surface area contributed by atoms with Crippen LogP contribution in [0.1, 0.15) is 48.9 Å². The van der Waals surface area contributed by atoms with Crippen LogP contribution in [-0.4, -0.2) is 40.7 Å². The van der Waals surface area contributed by atoms with Crippen molar-refractivity contribution in [3.8, 4) is 0 Å². The van der Waals surface area contributed by atoms with Gasteiger partial charge in [-0.25, -0.2) is 0 Å². The van der Waals surface area contributed by atoms with Gasteiger partial charge in [0.05, 0.1) is 23.9 Å². The van der Waals surface area contributed by atoms with Crippen LogP contribution in [0, 0.1) is 0 Å². The number of aromatic amines is 1. The zero-order valence-electron chi connectivity index (χ0n) is 15.3. The first kappa shape index (κ1) is 17.3. The van der Waals surface area contributed by atoms with Crippen molar-refractivity contribution in [1.82, 2.24) is 15.1 Å². The number of nitrogens with one attached hydrogen (secondary N) is 1. The summed E-state index contributed by atoms with van der Waals surface area (Å²) in [5.74, 6) is 0.270. The lowest BCUT2D eigenvalue weighted by molar-refractivity contribution is -0.150. The van der Waals surface area contributed by atoms with Crippen LogP contribution >= 0.6 is 11.6 Å². The Labute approximate surface area is 164 Å². The second-order valence-corrected chi connectivity index (χ2v) is 8.53. The first-order valence-corrected chi connectivity index (χ1v) is 10.2. The molecule has 1 N–H and O–H groups in total. The van der Waals surface area contributed by atoms with Crippen molar-refractivity contribution in [2.24, 2.45) is 0 Å². The Morgan fingerprint density at radius 1 is 1.15 bits per heavy atom. The summed E-state index contributed by atoms with van der Waals surface area (Å²) in [6, 6.07) is 7.83. The van der Waals surface area contributed by atoms with Crippen molar-refractivity contribution in [2.75, 3.05) is 19.7 Å². The first-order valence-electron chi connectivity index (χ1n) is 9.85. The summed E-state index contributed by atoms with van der Waals surface area (Å²) < 4.78 is 6.22. The Morgan fingerprint density at radius 3 is 2.56 bits per heavy atom. The smallest absolute Gasteiger partial charge is 0.233 e. The summed E-state index contributed by atoms with van der Waals surface area (Å²) >= 11 is 6.05. The van der Waals surface area contributed by atoms with Gasteiger partial charge in [-0.3, -0.25) is 9.89 Å². The molecule has 0 unspecified atom stereocenters. The molecule has 142 valence electrons. The highest BCUT2D eigenvalue weighted by Crippen LogP contribution is 2.47. The molecule has 2 fully saturated rings. The van der Waals surface area contributed by atoms with Crippen LogP contribution in [0.2, 0.25) is 5.02 Å². The summed E-state index contributed by atoms with van der Waals surface area (Å²) in [6.45, 7) is 2.19. The molecule has 1 saturated heterocycles. The number of amides is 1. The molecule has 0 bridgehead atoms. The van der Waals surface area contributed by atoms with Crippen molar-refractivity contribution in [3.63, 3.8) is 0 Å². The van der Waals surface area contributed by atoms with E-state index in [1.807, 2.05) is 35.4 Å². The molecule has 1 aromatic carbocycles. The summed E-state index contributed by atoms with van der Waals surface area (Å²) in [7, 11) is 0. The van der Waals surface area contributed by atoms with E-state index >= 15 is 0 Å². The van der Waals surface area contributed by atoms with Crippen molar-refractivity contribution in [2.45, 2.75) is 49.5 Å². The van der Waals surface area contributed by atoms with E-state index in [0.29, 0.717) is 5.02 Å². The number of hydrogen-bond donors (Lipinski definition) is 1. The number of aromatic nitrogens is 2. The lowest BCUT2D eigenvalue weighted by Crippen LogP contribution is -2.55. The second-order valence-electron chi connectivity index (χ2n) is 8.10. The number of piperidine rings is 1. The van der Waals surface area contributed by atoms with Crippen LogP contribution in [0.25, 0.3) is 0 Å². The molecule has 1 aliphatic carbocycles. The van der Waals surface area contributed by atoms with Crippen LogP contribution in [0.3, 0.4) is 0 Å². The molecule has 3 heterocycles. The number of likely N-dealkylation sites (tertiary alicyclic amines) is 1. The van der Waals surface area contributed by atoms with Gasteiger partial charge in [-0.1, -0.05) is 30.2 Å². The Kier molecular flexibility index (Phi) is 4.06. The first-order chi connectivity index (χ1) is 13.1. The Bertz CT molecular complexity index is 849. The van der Waals surface area contributed by atoms with E-state index in [4.69, 9.17) is 16.3 Å². The van der Waals surface area contributed by atoms with Crippen molar-refractivity contribution in [3.05, 3.63) is 52.3 Å². The largest absolute Gasteiger partial charge is 0.368 e. The minimum absolute atomic E-state index is 0.270. The Morgan fingerprint density at radius 2 is 1.89 bits per heavy atom. The summed E-state index contributed by atoms with van der Waals surface area (Å²) in [5, 5.41) is 8.09. The number of fused-ring (bicyclic) bond motifs is 2. The fourth-order valence-corrected chi connectivity index (χ4v) is 5.14. The molecule has 27 heavy (non-hydrogen) atoms. The Balaban J connectivity index is 1.35. The number of ether oxygens (including phenoxy) is 1. The topological polar surface area (TPSA) is 58.2 Å². The van der Waals surface area contributed by atoms with Gasteiger partial charge in [-0.2, -0.15) is 5.10 Å². The summed E-state index contributed by atoms with van der Waals surface area (Å²) in [4.78, 5) is 15.5. The van der Waals surface area contributed by atoms with Gasteiger partial charge in [0, 0.05) is 18.1 Å². The van der Waals surface area contributed by atoms with Crippen LogP contribution in [-0.2, 0) is 27.0 Å². The number of halogens is 1. The molecule has 1 amide bonds. The average Bonchev–Trinajstić information content (AvgIpc) is 3.13. The van der Waals surface area contributed by atoms with Crippen LogP contribution in [0.5, 0.6) is 0 Å². The molecule has 1 spiro atoms. The van der Waals surface area contributed by atoms with Gasteiger partial charge in [-0.15, -0.1) is 0 Å². The van der Waals surface area contributed by atoms with Gasteiger partial charge in [0.25, 0.3) is 0 Å². The third-order valence-electron chi connectivity index (χ3n) is 6.79. The highest BCUT2D eigenvalue weighted by molar-refractivity contribution is 6.30. The third kappa shape index (κ3) is 2.63. The SMILES string of the molecule is O=C(N1CCC2(CC1)OCCc1cn[nH]c12)C1(c2ccc(Cl)cc2)CCC1. The van der Waals surface area contributed by atoms with E-state index in [1.54, 1.807) is 0 Å². The zero-order chi connectivity index (χ0) is 18.5. The molecule has 1 aromatic heterocycles. The average molecular weight is 386 g/mol. The molecule has 0 radical (unpaired) electrons. The number of H-pyrrole nitrogens is 1. The van der Waals surface area contributed by atoms with Gasteiger partial charge in [-0.05, 0) is 55.4 Å². The third-order valence-corrected chi connectivity index (χ3v) is 7.05. The van der Waals surface area contributed by atoms with Gasteiger partial charge in [0.2, 0.25) is 5.91 Å². The van der Waals surface area contributed by atoms with E-state index in [-0.39, 0.29) is 16.9 Å². The summed E-state index contributed by atoms with van der Waals surface area (Å²) in [6.07, 6.45) is 7.44. The number of rotatable bonds is 2.